The van der Waals surface area contributed by atoms with Crippen LogP contribution >= 0.6 is 0 Å². The maximum Gasteiger partial charge on any atom is 0.112 e. The van der Waals surface area contributed by atoms with Crippen LogP contribution in [0, 0.1) is 0 Å². The van der Waals surface area contributed by atoms with Gasteiger partial charge in [-0.3, -0.25) is 0 Å². The molecule has 0 aliphatic carbocycles. The molecule has 0 amide bonds. The summed E-state index contributed by atoms with van der Waals surface area (Å²) < 4.78 is 18.7. The lowest BCUT2D eigenvalue weighted by Crippen LogP contribution is -2.19. The summed E-state index contributed by atoms with van der Waals surface area (Å²) in [5, 5.41) is 0. The maximum atomic E-state index is 6.97. The van der Waals surface area contributed by atoms with Crippen molar-refractivity contribution in [3.05, 3.63) is 143 Å². The number of benzene rings is 4. The van der Waals surface area contributed by atoms with Crippen LogP contribution < -0.4 is 0 Å². The fraction of sp³-hybridized carbons (Fsp3) is 0.429. The van der Waals surface area contributed by atoms with Crippen LogP contribution in [0.2, 0.25) is 0 Å². The van der Waals surface area contributed by atoms with E-state index in [2.05, 4.69) is 123 Å². The van der Waals surface area contributed by atoms with E-state index in [1.165, 1.54) is 71.9 Å². The molecule has 6 unspecified atom stereocenters. The average molecular weight is 603 g/mol. The minimum Gasteiger partial charge on any atom is -0.370 e. The van der Waals surface area contributed by atoms with Crippen molar-refractivity contribution in [2.24, 2.45) is 0 Å². The van der Waals surface area contributed by atoms with Gasteiger partial charge in [0.2, 0.25) is 0 Å². The normalized spacial score (nSPS) is 19.9. The Bertz CT molecular complexity index is 1330. The molecule has 45 heavy (non-hydrogen) atoms. The van der Waals surface area contributed by atoms with Gasteiger partial charge in [-0.2, -0.15) is 0 Å². The second-order valence-corrected chi connectivity index (χ2v) is 13.0. The number of rotatable bonds is 18. The van der Waals surface area contributed by atoms with Gasteiger partial charge >= 0.3 is 0 Å². The Labute approximate surface area is 271 Å². The van der Waals surface area contributed by atoms with Crippen molar-refractivity contribution in [1.29, 1.82) is 0 Å². The predicted octanol–water partition coefficient (Wildman–Crippen LogP) is 10.3. The third-order valence-corrected chi connectivity index (χ3v) is 9.81. The van der Waals surface area contributed by atoms with Gasteiger partial charge in [0.25, 0.3) is 0 Å². The standard InChI is InChI=1S/C42H50O3/c1-3-33(35-19-7-5-8-20-35)23-11-15-31-17-13-25-37(27-31)41(39-29-43-39)45-42(40-30-44-40)38-26-14-18-32(28-38)16-12-24-34(4-2)36-21-9-6-10-22-36/h5-10,13-14,17-22,25-28,33-34,39-42H,3-4,11-12,15-16,23-24,29-30H2,1-2H3. The first kappa shape index (κ1) is 31.7. The zero-order valence-corrected chi connectivity index (χ0v) is 27.2. The molecule has 0 bridgehead atoms. The molecule has 6 rings (SSSR count). The van der Waals surface area contributed by atoms with E-state index in [0.717, 1.165) is 26.1 Å². The van der Waals surface area contributed by atoms with Crippen LogP contribution in [0.5, 0.6) is 0 Å². The molecule has 3 nitrogen and oxygen atoms in total. The summed E-state index contributed by atoms with van der Waals surface area (Å²) in [5.74, 6) is 1.25. The fourth-order valence-electron chi connectivity index (χ4n) is 7.00. The first-order chi connectivity index (χ1) is 22.2. The molecule has 0 aromatic heterocycles. The predicted molar refractivity (Wildman–Crippen MR) is 184 cm³/mol. The molecule has 2 fully saturated rings. The van der Waals surface area contributed by atoms with Gasteiger partial charge < -0.3 is 14.2 Å². The summed E-state index contributed by atoms with van der Waals surface area (Å²) in [6.07, 6.45) is 9.32. The second-order valence-electron chi connectivity index (χ2n) is 13.0. The van der Waals surface area contributed by atoms with E-state index in [1.807, 2.05) is 0 Å². The van der Waals surface area contributed by atoms with E-state index in [0.29, 0.717) is 11.8 Å². The van der Waals surface area contributed by atoms with Gasteiger partial charge in [-0.15, -0.1) is 0 Å². The van der Waals surface area contributed by atoms with Crippen molar-refractivity contribution < 1.29 is 14.2 Å². The van der Waals surface area contributed by atoms with Crippen LogP contribution in [-0.4, -0.2) is 25.4 Å². The molecule has 2 heterocycles. The second kappa shape index (κ2) is 15.9. The molecule has 0 radical (unpaired) electrons. The van der Waals surface area contributed by atoms with Gasteiger partial charge in [-0.05, 0) is 96.6 Å². The summed E-state index contributed by atoms with van der Waals surface area (Å²) in [7, 11) is 0. The summed E-state index contributed by atoms with van der Waals surface area (Å²) in [5.41, 5.74) is 8.13. The topological polar surface area (TPSA) is 34.3 Å². The molecule has 3 heteroatoms. The van der Waals surface area contributed by atoms with Crippen LogP contribution in [0.4, 0.5) is 0 Å². The van der Waals surface area contributed by atoms with Gasteiger partial charge in [0.1, 0.15) is 24.4 Å². The first-order valence-corrected chi connectivity index (χ1v) is 17.4. The highest BCUT2D eigenvalue weighted by Crippen LogP contribution is 2.41. The number of ether oxygens (including phenoxy) is 3. The Morgan fingerprint density at radius 1 is 0.556 bits per heavy atom. The maximum absolute atomic E-state index is 6.97. The Balaban J connectivity index is 1.09. The van der Waals surface area contributed by atoms with Crippen LogP contribution in [0.1, 0.15) is 110 Å². The Hall–Kier alpha value is -3.24. The van der Waals surface area contributed by atoms with Crippen LogP contribution in [0.25, 0.3) is 0 Å². The number of hydrogen-bond donors (Lipinski definition) is 0. The zero-order valence-electron chi connectivity index (χ0n) is 27.2. The molecule has 0 N–H and O–H groups in total. The van der Waals surface area contributed by atoms with E-state index in [-0.39, 0.29) is 24.4 Å². The summed E-state index contributed by atoms with van der Waals surface area (Å²) in [4.78, 5) is 0. The van der Waals surface area contributed by atoms with Gasteiger partial charge in [0.15, 0.2) is 0 Å². The number of hydrogen-bond acceptors (Lipinski definition) is 3. The average Bonchev–Trinajstić information content (AvgIpc) is 4.03. The van der Waals surface area contributed by atoms with Gasteiger partial charge in [0, 0.05) is 0 Å². The lowest BCUT2D eigenvalue weighted by Gasteiger charge is -2.24. The molecule has 236 valence electrons. The van der Waals surface area contributed by atoms with Gasteiger partial charge in [-0.1, -0.05) is 123 Å². The van der Waals surface area contributed by atoms with Crippen LogP contribution in [-0.2, 0) is 27.1 Å². The Morgan fingerprint density at radius 3 is 1.33 bits per heavy atom. The lowest BCUT2D eigenvalue weighted by molar-refractivity contribution is -0.0419. The van der Waals surface area contributed by atoms with Crippen molar-refractivity contribution in [2.75, 3.05) is 13.2 Å². The summed E-state index contributed by atoms with van der Waals surface area (Å²) >= 11 is 0. The van der Waals surface area contributed by atoms with Crippen molar-refractivity contribution in [2.45, 2.75) is 101 Å². The minimum atomic E-state index is -0.0910. The molecule has 6 atom stereocenters. The SMILES string of the molecule is CCC(CCCc1cccc(C(OC(c2cccc(CCCC(CC)c3ccccc3)c2)C2CO2)C2CO2)c1)c1ccccc1. The first-order valence-electron chi connectivity index (χ1n) is 17.4. The van der Waals surface area contributed by atoms with Crippen LogP contribution in [0.15, 0.2) is 109 Å². The molecule has 0 spiro atoms. The van der Waals surface area contributed by atoms with E-state index >= 15 is 0 Å². The zero-order chi connectivity index (χ0) is 30.8. The summed E-state index contributed by atoms with van der Waals surface area (Å²) in [6.45, 7) is 6.11. The van der Waals surface area contributed by atoms with Crippen molar-refractivity contribution in [3.63, 3.8) is 0 Å². The Kier molecular flexibility index (Phi) is 11.2. The quantitative estimate of drug-likeness (QED) is 0.106. The van der Waals surface area contributed by atoms with Crippen molar-refractivity contribution in [3.8, 4) is 0 Å². The van der Waals surface area contributed by atoms with Crippen molar-refractivity contribution >= 4 is 0 Å². The molecule has 2 aliphatic rings. The fourth-order valence-corrected chi connectivity index (χ4v) is 7.00. The minimum absolute atomic E-state index is 0.0910. The molecular weight excluding hydrogens is 552 g/mol. The molecule has 0 saturated carbocycles. The van der Waals surface area contributed by atoms with Crippen LogP contribution in [0.3, 0.4) is 0 Å². The van der Waals surface area contributed by atoms with Gasteiger partial charge in [0.05, 0.1) is 13.2 Å². The smallest absolute Gasteiger partial charge is 0.112 e. The number of aryl methyl sites for hydroxylation is 2. The third-order valence-electron chi connectivity index (χ3n) is 9.81. The molecular formula is C42H50O3. The number of epoxide rings is 2. The third kappa shape index (κ3) is 8.94. The van der Waals surface area contributed by atoms with Crippen molar-refractivity contribution in [1.82, 2.24) is 0 Å². The molecule has 4 aromatic carbocycles. The lowest BCUT2D eigenvalue weighted by atomic mass is 9.90. The Morgan fingerprint density at radius 2 is 0.956 bits per heavy atom. The highest BCUT2D eigenvalue weighted by atomic mass is 16.6. The van der Waals surface area contributed by atoms with E-state index in [9.17, 15) is 0 Å². The van der Waals surface area contributed by atoms with E-state index in [1.54, 1.807) is 0 Å². The molecule has 4 aromatic rings. The van der Waals surface area contributed by atoms with E-state index in [4.69, 9.17) is 14.2 Å². The monoisotopic (exact) mass is 602 g/mol. The highest BCUT2D eigenvalue weighted by molar-refractivity contribution is 5.30. The molecule has 2 aliphatic heterocycles. The largest absolute Gasteiger partial charge is 0.370 e. The van der Waals surface area contributed by atoms with Gasteiger partial charge in [-0.25, -0.2) is 0 Å². The molecule has 2 saturated heterocycles. The van der Waals surface area contributed by atoms with E-state index < -0.39 is 0 Å². The highest BCUT2D eigenvalue weighted by Gasteiger charge is 2.42. The summed E-state index contributed by atoms with van der Waals surface area (Å²) in [6, 6.07) is 40.0.